The normalized spacial score (nSPS) is 12.9. The number of nitrogens with zero attached hydrogens (tertiary/aromatic N) is 1. The molecular weight excluding hydrogens is 256 g/mol. The molecule has 0 bridgehead atoms. The lowest BCUT2D eigenvalue weighted by atomic mass is 10.0. The highest BCUT2D eigenvalue weighted by molar-refractivity contribution is 5.74. The van der Waals surface area contributed by atoms with Crippen molar-refractivity contribution in [2.75, 3.05) is 7.05 Å². The average Bonchev–Trinajstić information content (AvgIpc) is 3.06. The van der Waals surface area contributed by atoms with Gasteiger partial charge in [-0.05, 0) is 43.8 Å². The predicted molar refractivity (Wildman–Crippen MR) is 75.8 cm³/mol. The van der Waals surface area contributed by atoms with Gasteiger partial charge in [0.25, 0.3) is 0 Å². The Bertz CT molecular complexity index is 768. The van der Waals surface area contributed by atoms with Crippen LogP contribution in [0.2, 0.25) is 0 Å². The van der Waals surface area contributed by atoms with E-state index in [2.05, 4.69) is 5.32 Å². The summed E-state index contributed by atoms with van der Waals surface area (Å²) in [4.78, 5) is 11.7. The summed E-state index contributed by atoms with van der Waals surface area (Å²) in [5, 5.41) is 3.20. The Morgan fingerprint density at radius 3 is 2.85 bits per heavy atom. The van der Waals surface area contributed by atoms with Gasteiger partial charge in [-0.3, -0.25) is 4.57 Å². The summed E-state index contributed by atoms with van der Waals surface area (Å²) in [6.07, 6.45) is 1.64. The van der Waals surface area contributed by atoms with Gasteiger partial charge < -0.3 is 14.2 Å². The van der Waals surface area contributed by atoms with E-state index in [1.165, 1.54) is 0 Å². The number of aromatic nitrogens is 1. The number of aryl methyl sites for hydroxylation is 1. The highest BCUT2D eigenvalue weighted by atomic mass is 16.4. The molecule has 1 atom stereocenters. The molecule has 0 fully saturated rings. The summed E-state index contributed by atoms with van der Waals surface area (Å²) in [6.45, 7) is 2.52. The minimum atomic E-state index is -0.321. The van der Waals surface area contributed by atoms with Crippen LogP contribution in [-0.4, -0.2) is 11.6 Å². The molecule has 0 amide bonds. The molecule has 3 aromatic rings. The Morgan fingerprint density at radius 2 is 2.20 bits per heavy atom. The molecule has 1 N–H and O–H groups in total. The number of benzene rings is 1. The molecule has 3 rings (SSSR count). The van der Waals surface area contributed by atoms with E-state index in [9.17, 15) is 4.79 Å². The maximum absolute atomic E-state index is 11.7. The van der Waals surface area contributed by atoms with Gasteiger partial charge in [-0.1, -0.05) is 6.07 Å². The van der Waals surface area contributed by atoms with E-state index in [4.69, 9.17) is 8.83 Å². The van der Waals surface area contributed by atoms with Crippen molar-refractivity contribution in [2.45, 2.75) is 19.5 Å². The summed E-state index contributed by atoms with van der Waals surface area (Å²) < 4.78 is 12.3. The van der Waals surface area contributed by atoms with E-state index >= 15 is 0 Å². The standard InChI is InChI=1S/C15H16N2O3/c1-3-17-11-7-6-10(9-13(11)20-15(17)18)14(16-2)12-5-4-8-19-12/h4-9,14,16H,3H2,1-2H3. The second-order valence-corrected chi connectivity index (χ2v) is 4.58. The van der Waals surface area contributed by atoms with Crippen LogP contribution in [0.1, 0.15) is 24.3 Å². The van der Waals surface area contributed by atoms with Gasteiger partial charge in [0.05, 0.1) is 17.8 Å². The van der Waals surface area contributed by atoms with Crippen LogP contribution in [0.4, 0.5) is 0 Å². The molecule has 0 spiro atoms. The molecule has 1 aromatic carbocycles. The van der Waals surface area contributed by atoms with Crippen molar-refractivity contribution in [1.82, 2.24) is 9.88 Å². The minimum absolute atomic E-state index is 0.0651. The van der Waals surface area contributed by atoms with E-state index in [1.54, 1.807) is 10.8 Å². The Balaban J connectivity index is 2.11. The summed E-state index contributed by atoms with van der Waals surface area (Å²) in [6, 6.07) is 9.47. The lowest BCUT2D eigenvalue weighted by molar-refractivity contribution is 0.463. The first kappa shape index (κ1) is 12.7. The fourth-order valence-corrected chi connectivity index (χ4v) is 2.49. The number of hydrogen-bond acceptors (Lipinski definition) is 4. The summed E-state index contributed by atoms with van der Waals surface area (Å²) in [5.74, 6) is 0.503. The summed E-state index contributed by atoms with van der Waals surface area (Å²) >= 11 is 0. The third-order valence-corrected chi connectivity index (χ3v) is 3.46. The Hall–Kier alpha value is -2.27. The monoisotopic (exact) mass is 272 g/mol. The first-order valence-electron chi connectivity index (χ1n) is 6.58. The number of fused-ring (bicyclic) bond motifs is 1. The molecule has 1 unspecified atom stereocenters. The molecule has 0 aliphatic rings. The SMILES string of the molecule is CCn1c(=O)oc2cc(C(NC)c3ccco3)ccc21. The number of rotatable bonds is 4. The first-order valence-corrected chi connectivity index (χ1v) is 6.58. The van der Waals surface area contributed by atoms with Crippen molar-refractivity contribution in [3.8, 4) is 0 Å². The number of hydrogen-bond donors (Lipinski definition) is 1. The van der Waals surface area contributed by atoms with E-state index < -0.39 is 0 Å². The highest BCUT2D eigenvalue weighted by Gasteiger charge is 2.17. The minimum Gasteiger partial charge on any atom is -0.467 e. The number of furan rings is 1. The van der Waals surface area contributed by atoms with Crippen LogP contribution in [-0.2, 0) is 6.54 Å². The molecule has 0 radical (unpaired) electrons. The van der Waals surface area contributed by atoms with E-state index in [1.807, 2.05) is 44.3 Å². The quantitative estimate of drug-likeness (QED) is 0.792. The summed E-state index contributed by atoms with van der Waals surface area (Å²) in [5.41, 5.74) is 2.41. The van der Waals surface area contributed by atoms with Crippen LogP contribution in [0.5, 0.6) is 0 Å². The molecular formula is C15H16N2O3. The second kappa shape index (κ2) is 5.02. The highest BCUT2D eigenvalue weighted by Crippen LogP contribution is 2.25. The molecule has 5 nitrogen and oxygen atoms in total. The van der Waals surface area contributed by atoms with Gasteiger partial charge in [-0.25, -0.2) is 4.79 Å². The van der Waals surface area contributed by atoms with Crippen molar-refractivity contribution in [3.63, 3.8) is 0 Å². The van der Waals surface area contributed by atoms with Gasteiger partial charge in [0, 0.05) is 6.54 Å². The predicted octanol–water partition coefficient (Wildman–Crippen LogP) is 2.52. The Labute approximate surface area is 115 Å². The smallest absolute Gasteiger partial charge is 0.419 e. The molecule has 104 valence electrons. The lowest BCUT2D eigenvalue weighted by Gasteiger charge is -2.13. The van der Waals surface area contributed by atoms with Gasteiger partial charge in [0.15, 0.2) is 5.58 Å². The fourth-order valence-electron chi connectivity index (χ4n) is 2.49. The Morgan fingerprint density at radius 1 is 1.35 bits per heavy atom. The maximum Gasteiger partial charge on any atom is 0.419 e. The van der Waals surface area contributed by atoms with E-state index in [-0.39, 0.29) is 11.8 Å². The number of oxazole rings is 1. The second-order valence-electron chi connectivity index (χ2n) is 4.58. The first-order chi connectivity index (χ1) is 9.74. The average molecular weight is 272 g/mol. The third kappa shape index (κ3) is 1.96. The van der Waals surface area contributed by atoms with Crippen molar-refractivity contribution in [2.24, 2.45) is 0 Å². The number of nitrogens with one attached hydrogen (secondary N) is 1. The molecule has 2 heterocycles. The van der Waals surface area contributed by atoms with Gasteiger partial charge in [0.2, 0.25) is 0 Å². The van der Waals surface area contributed by atoms with Crippen molar-refractivity contribution in [1.29, 1.82) is 0 Å². The largest absolute Gasteiger partial charge is 0.467 e. The lowest BCUT2D eigenvalue weighted by Crippen LogP contribution is -2.16. The van der Waals surface area contributed by atoms with Crippen LogP contribution in [0, 0.1) is 0 Å². The fraction of sp³-hybridized carbons (Fsp3) is 0.267. The molecule has 0 saturated heterocycles. The van der Waals surface area contributed by atoms with Gasteiger partial charge in [0.1, 0.15) is 5.76 Å². The van der Waals surface area contributed by atoms with Crippen LogP contribution >= 0.6 is 0 Å². The zero-order valence-electron chi connectivity index (χ0n) is 11.4. The molecule has 20 heavy (non-hydrogen) atoms. The van der Waals surface area contributed by atoms with Crippen molar-refractivity contribution >= 4 is 11.1 Å². The third-order valence-electron chi connectivity index (χ3n) is 3.46. The van der Waals surface area contributed by atoms with Gasteiger partial charge in [-0.2, -0.15) is 0 Å². The van der Waals surface area contributed by atoms with Crippen molar-refractivity contribution < 1.29 is 8.83 Å². The molecule has 5 heteroatoms. The zero-order valence-corrected chi connectivity index (χ0v) is 11.4. The topological polar surface area (TPSA) is 60.3 Å². The van der Waals surface area contributed by atoms with Crippen LogP contribution in [0.3, 0.4) is 0 Å². The molecule has 0 aliphatic carbocycles. The van der Waals surface area contributed by atoms with Gasteiger partial charge in [-0.15, -0.1) is 0 Å². The molecule has 0 saturated carbocycles. The van der Waals surface area contributed by atoms with E-state index in [0.29, 0.717) is 12.1 Å². The molecule has 0 aliphatic heterocycles. The van der Waals surface area contributed by atoms with Crippen molar-refractivity contribution in [3.05, 3.63) is 58.5 Å². The summed E-state index contributed by atoms with van der Waals surface area (Å²) in [7, 11) is 1.87. The van der Waals surface area contributed by atoms with Crippen LogP contribution in [0.25, 0.3) is 11.1 Å². The van der Waals surface area contributed by atoms with E-state index in [0.717, 1.165) is 16.8 Å². The zero-order chi connectivity index (χ0) is 14.1. The Kier molecular flexibility index (Phi) is 3.20. The van der Waals surface area contributed by atoms with Crippen LogP contribution < -0.4 is 11.1 Å². The van der Waals surface area contributed by atoms with Gasteiger partial charge >= 0.3 is 5.76 Å². The van der Waals surface area contributed by atoms with Crippen LogP contribution in [0.15, 0.2) is 50.2 Å². The maximum atomic E-state index is 11.7. The molecule has 2 aromatic heterocycles.